The molecule has 0 aliphatic carbocycles. The van der Waals surface area contributed by atoms with Crippen LogP contribution in [0.3, 0.4) is 0 Å². The molecular formula is C58H40N2. The number of anilines is 3. The van der Waals surface area contributed by atoms with Gasteiger partial charge < -0.3 is 9.47 Å². The molecule has 11 aromatic rings. The van der Waals surface area contributed by atoms with E-state index in [1.807, 2.05) is 0 Å². The average molecular weight is 765 g/mol. The third-order valence-electron chi connectivity index (χ3n) is 11.8. The number of fused-ring (bicyclic) bond motifs is 4. The molecule has 0 spiro atoms. The molecule has 11 rings (SSSR count). The zero-order valence-electron chi connectivity index (χ0n) is 33.0. The zero-order valence-corrected chi connectivity index (χ0v) is 33.0. The molecule has 0 saturated carbocycles. The van der Waals surface area contributed by atoms with E-state index in [-0.39, 0.29) is 0 Å². The van der Waals surface area contributed by atoms with Crippen molar-refractivity contribution in [3.05, 3.63) is 243 Å². The fourth-order valence-corrected chi connectivity index (χ4v) is 9.15. The van der Waals surface area contributed by atoms with Crippen LogP contribution in [0.15, 0.2) is 243 Å². The van der Waals surface area contributed by atoms with Gasteiger partial charge in [-0.2, -0.15) is 0 Å². The number of rotatable bonds is 8. The van der Waals surface area contributed by atoms with Crippen molar-refractivity contribution in [1.82, 2.24) is 4.57 Å². The Morgan fingerprint density at radius 1 is 0.283 bits per heavy atom. The Hall–Kier alpha value is -7.94. The third-order valence-corrected chi connectivity index (χ3v) is 11.8. The highest BCUT2D eigenvalue weighted by molar-refractivity contribution is 6.16. The van der Waals surface area contributed by atoms with E-state index in [4.69, 9.17) is 0 Å². The second kappa shape index (κ2) is 15.1. The first-order chi connectivity index (χ1) is 29.8. The van der Waals surface area contributed by atoms with Crippen LogP contribution in [0.4, 0.5) is 17.1 Å². The Morgan fingerprint density at radius 2 is 0.767 bits per heavy atom. The summed E-state index contributed by atoms with van der Waals surface area (Å²) in [6, 6.07) is 87.8. The quantitative estimate of drug-likeness (QED) is 0.150. The summed E-state index contributed by atoms with van der Waals surface area (Å²) in [5.41, 5.74) is 16.4. The van der Waals surface area contributed by atoms with Crippen molar-refractivity contribution in [1.29, 1.82) is 0 Å². The van der Waals surface area contributed by atoms with E-state index in [1.165, 1.54) is 71.5 Å². The lowest BCUT2D eigenvalue weighted by molar-refractivity contribution is 1.18. The van der Waals surface area contributed by atoms with Gasteiger partial charge in [-0.15, -0.1) is 0 Å². The van der Waals surface area contributed by atoms with E-state index in [0.717, 1.165) is 28.3 Å². The summed E-state index contributed by atoms with van der Waals surface area (Å²) >= 11 is 0. The van der Waals surface area contributed by atoms with Crippen LogP contribution >= 0.6 is 0 Å². The van der Waals surface area contributed by atoms with Gasteiger partial charge in [0, 0.05) is 33.1 Å². The van der Waals surface area contributed by atoms with E-state index in [9.17, 15) is 0 Å². The van der Waals surface area contributed by atoms with Crippen molar-refractivity contribution >= 4 is 49.6 Å². The van der Waals surface area contributed by atoms with Crippen molar-refractivity contribution in [2.24, 2.45) is 0 Å². The lowest BCUT2D eigenvalue weighted by atomic mass is 9.88. The fourth-order valence-electron chi connectivity index (χ4n) is 9.15. The molecule has 60 heavy (non-hydrogen) atoms. The lowest BCUT2D eigenvalue weighted by Crippen LogP contribution is -2.12. The Morgan fingerprint density at radius 3 is 1.53 bits per heavy atom. The van der Waals surface area contributed by atoms with Crippen LogP contribution in [0.25, 0.3) is 82.8 Å². The number of hydrogen-bond acceptors (Lipinski definition) is 1. The second-order valence-electron chi connectivity index (χ2n) is 15.2. The maximum Gasteiger partial charge on any atom is 0.0547 e. The van der Waals surface area contributed by atoms with E-state index in [1.54, 1.807) is 0 Å². The summed E-state index contributed by atoms with van der Waals surface area (Å²) in [5, 5.41) is 4.90. The minimum Gasteiger partial charge on any atom is -0.309 e. The van der Waals surface area contributed by atoms with Crippen LogP contribution in [0.2, 0.25) is 0 Å². The molecule has 2 nitrogen and oxygen atoms in total. The molecule has 0 unspecified atom stereocenters. The van der Waals surface area contributed by atoms with Gasteiger partial charge >= 0.3 is 0 Å². The smallest absolute Gasteiger partial charge is 0.0547 e. The Kier molecular flexibility index (Phi) is 8.87. The first kappa shape index (κ1) is 35.2. The van der Waals surface area contributed by atoms with Crippen molar-refractivity contribution in [2.45, 2.75) is 0 Å². The molecule has 282 valence electrons. The number of para-hydroxylation sites is 3. The number of hydrogen-bond donors (Lipinski definition) is 0. The molecule has 1 aromatic heterocycles. The predicted octanol–water partition coefficient (Wildman–Crippen LogP) is 16.1. The number of aromatic nitrogens is 1. The van der Waals surface area contributed by atoms with E-state index >= 15 is 0 Å². The van der Waals surface area contributed by atoms with Gasteiger partial charge in [-0.05, 0) is 92.9 Å². The first-order valence-corrected chi connectivity index (χ1v) is 20.6. The molecule has 0 fully saturated rings. The van der Waals surface area contributed by atoms with Gasteiger partial charge in [0.05, 0.1) is 22.4 Å². The van der Waals surface area contributed by atoms with Crippen LogP contribution in [0, 0.1) is 0 Å². The van der Waals surface area contributed by atoms with Crippen LogP contribution in [0.1, 0.15) is 0 Å². The van der Waals surface area contributed by atoms with Crippen LogP contribution in [0.5, 0.6) is 0 Å². The molecular weight excluding hydrogens is 725 g/mol. The van der Waals surface area contributed by atoms with Gasteiger partial charge in [-0.1, -0.05) is 194 Å². The largest absolute Gasteiger partial charge is 0.309 e. The fraction of sp³-hybridized carbons (Fsp3) is 0. The minimum atomic E-state index is 1.09. The van der Waals surface area contributed by atoms with Crippen LogP contribution < -0.4 is 4.90 Å². The van der Waals surface area contributed by atoms with Crippen LogP contribution in [-0.2, 0) is 0 Å². The Balaban J connectivity index is 1.09. The SMILES string of the molecule is c1ccc(-c2ccccc2-c2ccccc2-c2ccccc2N(c2ccc(-c3cccc4c3c3ccccc3n4-c3ccccc3)cc2)c2cccc3ccccc23)cc1. The van der Waals surface area contributed by atoms with Gasteiger partial charge in [0.1, 0.15) is 0 Å². The number of nitrogens with zero attached hydrogens (tertiary/aromatic N) is 2. The first-order valence-electron chi connectivity index (χ1n) is 20.6. The van der Waals surface area contributed by atoms with Gasteiger partial charge in [0.2, 0.25) is 0 Å². The molecule has 0 atom stereocenters. The molecule has 1 heterocycles. The summed E-state index contributed by atoms with van der Waals surface area (Å²) < 4.78 is 2.39. The maximum absolute atomic E-state index is 2.45. The van der Waals surface area contributed by atoms with Gasteiger partial charge in [0.25, 0.3) is 0 Å². The van der Waals surface area contributed by atoms with Crippen molar-refractivity contribution < 1.29 is 0 Å². The normalized spacial score (nSPS) is 11.3. The Labute approximate surface area is 350 Å². The van der Waals surface area contributed by atoms with Crippen molar-refractivity contribution in [3.8, 4) is 50.2 Å². The van der Waals surface area contributed by atoms with Crippen molar-refractivity contribution in [3.63, 3.8) is 0 Å². The summed E-state index contributed by atoms with van der Waals surface area (Å²) in [6.07, 6.45) is 0. The van der Waals surface area contributed by atoms with Gasteiger partial charge in [0.15, 0.2) is 0 Å². The molecule has 0 N–H and O–H groups in total. The molecule has 0 saturated heterocycles. The molecule has 0 bridgehead atoms. The van der Waals surface area contributed by atoms with Crippen molar-refractivity contribution in [2.75, 3.05) is 4.90 Å². The summed E-state index contributed by atoms with van der Waals surface area (Å²) in [7, 11) is 0. The average Bonchev–Trinajstić information content (AvgIpc) is 3.67. The zero-order chi connectivity index (χ0) is 39.8. The molecule has 2 heteroatoms. The van der Waals surface area contributed by atoms with E-state index < -0.39 is 0 Å². The third kappa shape index (κ3) is 6.06. The highest BCUT2D eigenvalue weighted by Gasteiger charge is 2.22. The maximum atomic E-state index is 2.45. The predicted molar refractivity (Wildman–Crippen MR) is 255 cm³/mol. The molecule has 0 radical (unpaired) electrons. The molecule has 0 aliphatic heterocycles. The lowest BCUT2D eigenvalue weighted by Gasteiger charge is -2.29. The monoisotopic (exact) mass is 764 g/mol. The molecule has 0 aliphatic rings. The summed E-state index contributed by atoms with van der Waals surface area (Å²) in [5.74, 6) is 0. The standard InChI is InChI=1S/C58H40N2/c1-3-19-41(20-4-1)46-25-9-10-27-49(46)50-28-11-12-29-51(50)52-30-13-15-33-55(52)59(54-35-17-22-42-21-7-8-26-47(42)54)45-39-37-43(38-40-45)48-32-18-36-57-58(48)53-31-14-16-34-56(53)60(57)44-23-5-2-6-24-44/h1-40H. The number of benzene rings is 10. The molecule has 0 amide bonds. The second-order valence-corrected chi connectivity index (χ2v) is 15.2. The summed E-state index contributed by atoms with van der Waals surface area (Å²) in [4.78, 5) is 2.45. The van der Waals surface area contributed by atoms with E-state index in [0.29, 0.717) is 0 Å². The van der Waals surface area contributed by atoms with Gasteiger partial charge in [-0.25, -0.2) is 0 Å². The Bertz CT molecular complexity index is 3300. The summed E-state index contributed by atoms with van der Waals surface area (Å²) in [6.45, 7) is 0. The highest BCUT2D eigenvalue weighted by Crippen LogP contribution is 2.47. The topological polar surface area (TPSA) is 8.17 Å². The van der Waals surface area contributed by atoms with E-state index in [2.05, 4.69) is 252 Å². The van der Waals surface area contributed by atoms with Crippen LogP contribution in [-0.4, -0.2) is 4.57 Å². The van der Waals surface area contributed by atoms with Gasteiger partial charge in [-0.3, -0.25) is 0 Å². The molecule has 10 aromatic carbocycles. The minimum absolute atomic E-state index is 1.09. The highest BCUT2D eigenvalue weighted by atomic mass is 15.1.